The van der Waals surface area contributed by atoms with Gasteiger partial charge in [0.1, 0.15) is 0 Å². The van der Waals surface area contributed by atoms with Crippen LogP contribution in [0.2, 0.25) is 5.02 Å². The number of sulfone groups is 1. The van der Waals surface area contributed by atoms with Gasteiger partial charge in [0.2, 0.25) is 5.91 Å². The molecule has 0 bridgehead atoms. The second kappa shape index (κ2) is 8.94. The van der Waals surface area contributed by atoms with E-state index in [1.807, 2.05) is 24.3 Å². The molecule has 0 saturated carbocycles. The quantitative estimate of drug-likeness (QED) is 0.617. The fraction of sp³-hybridized carbons (Fsp3) is 0.375. The Hall–Kier alpha value is -2.11. The summed E-state index contributed by atoms with van der Waals surface area (Å²) in [7, 11) is -3.10. The number of hydrogen-bond acceptors (Lipinski definition) is 3. The Morgan fingerprint density at radius 2 is 1.73 bits per heavy atom. The van der Waals surface area contributed by atoms with Gasteiger partial charge in [0.25, 0.3) is 0 Å². The van der Waals surface area contributed by atoms with Gasteiger partial charge >= 0.3 is 0 Å². The second-order valence-corrected chi connectivity index (χ2v) is 11.5. The minimum atomic E-state index is -3.10. The highest BCUT2D eigenvalue weighted by Gasteiger charge is 2.34. The molecule has 30 heavy (non-hydrogen) atoms. The summed E-state index contributed by atoms with van der Waals surface area (Å²) < 4.78 is 24.0. The lowest BCUT2D eigenvalue weighted by molar-refractivity contribution is -0.128. The van der Waals surface area contributed by atoms with Crippen LogP contribution in [0.25, 0.3) is 6.08 Å². The van der Waals surface area contributed by atoms with Gasteiger partial charge in [0.15, 0.2) is 9.84 Å². The molecular formula is C24H28ClNO3S. The summed E-state index contributed by atoms with van der Waals surface area (Å²) in [4.78, 5) is 14.7. The highest BCUT2D eigenvalue weighted by Crippen LogP contribution is 2.24. The average molecular weight is 446 g/mol. The van der Waals surface area contributed by atoms with E-state index >= 15 is 0 Å². The lowest BCUT2D eigenvalue weighted by Gasteiger charge is -2.27. The molecule has 4 nitrogen and oxygen atoms in total. The van der Waals surface area contributed by atoms with Crippen molar-refractivity contribution in [3.8, 4) is 0 Å². The first-order valence-electron chi connectivity index (χ1n) is 10.1. The monoisotopic (exact) mass is 445 g/mol. The number of carbonyl (C=O) groups is 1. The standard InChI is InChI=1S/C24H28ClNO3S/c1-24(2,3)20-9-4-18(5-10-20)8-13-23(27)26(22-14-15-30(28,29)17-22)16-19-6-11-21(25)12-7-19/h4-13,22H,14-17H2,1-3H3. The third-order valence-electron chi connectivity index (χ3n) is 5.39. The van der Waals surface area contributed by atoms with Crippen molar-refractivity contribution >= 4 is 33.4 Å². The van der Waals surface area contributed by atoms with Crippen molar-refractivity contribution in [1.29, 1.82) is 0 Å². The van der Waals surface area contributed by atoms with E-state index in [0.717, 1.165) is 11.1 Å². The van der Waals surface area contributed by atoms with Crippen LogP contribution in [-0.2, 0) is 26.6 Å². The van der Waals surface area contributed by atoms with Crippen LogP contribution in [-0.4, -0.2) is 36.8 Å². The van der Waals surface area contributed by atoms with Crippen LogP contribution in [0.15, 0.2) is 54.6 Å². The van der Waals surface area contributed by atoms with Crippen molar-refractivity contribution in [2.45, 2.75) is 45.2 Å². The molecule has 3 rings (SSSR count). The lowest BCUT2D eigenvalue weighted by atomic mass is 9.87. The minimum absolute atomic E-state index is 0.0143. The predicted octanol–water partition coefficient (Wildman–Crippen LogP) is 4.87. The molecule has 0 radical (unpaired) electrons. The third kappa shape index (κ3) is 5.96. The van der Waals surface area contributed by atoms with Gasteiger partial charge in [-0.2, -0.15) is 0 Å². The summed E-state index contributed by atoms with van der Waals surface area (Å²) in [6, 6.07) is 15.1. The average Bonchev–Trinajstić information content (AvgIpc) is 3.04. The van der Waals surface area contributed by atoms with Gasteiger partial charge in [0.05, 0.1) is 11.5 Å². The van der Waals surface area contributed by atoms with E-state index in [1.165, 1.54) is 11.6 Å². The summed E-state index contributed by atoms with van der Waals surface area (Å²) in [5.74, 6) is -0.0486. The molecule has 1 unspecified atom stereocenters. The van der Waals surface area contributed by atoms with Crippen LogP contribution < -0.4 is 0 Å². The number of amides is 1. The van der Waals surface area contributed by atoms with E-state index in [-0.39, 0.29) is 28.9 Å². The van der Waals surface area contributed by atoms with E-state index in [9.17, 15) is 13.2 Å². The van der Waals surface area contributed by atoms with E-state index in [4.69, 9.17) is 11.6 Å². The summed E-state index contributed by atoms with van der Waals surface area (Å²) in [6.07, 6.45) is 3.79. The number of rotatable bonds is 5. The van der Waals surface area contributed by atoms with Crippen LogP contribution in [0.5, 0.6) is 0 Å². The maximum absolute atomic E-state index is 13.0. The molecule has 1 atom stereocenters. The largest absolute Gasteiger partial charge is 0.331 e. The zero-order valence-electron chi connectivity index (χ0n) is 17.6. The second-order valence-electron chi connectivity index (χ2n) is 8.85. The van der Waals surface area contributed by atoms with Crippen molar-refractivity contribution in [3.63, 3.8) is 0 Å². The molecule has 1 aliphatic heterocycles. The Labute approximate surface area is 184 Å². The van der Waals surface area contributed by atoms with Crippen molar-refractivity contribution < 1.29 is 13.2 Å². The van der Waals surface area contributed by atoms with E-state index in [2.05, 4.69) is 32.9 Å². The summed E-state index contributed by atoms with van der Waals surface area (Å²) >= 11 is 5.96. The van der Waals surface area contributed by atoms with Gasteiger partial charge in [-0.25, -0.2) is 8.42 Å². The molecule has 1 aliphatic rings. The summed E-state index contributed by atoms with van der Waals surface area (Å²) in [6.45, 7) is 6.83. The van der Waals surface area contributed by atoms with Gasteiger partial charge in [-0.15, -0.1) is 0 Å². The Morgan fingerprint density at radius 1 is 1.10 bits per heavy atom. The van der Waals surface area contributed by atoms with Crippen LogP contribution in [0, 0.1) is 0 Å². The van der Waals surface area contributed by atoms with Crippen molar-refractivity contribution in [2.75, 3.05) is 11.5 Å². The SMILES string of the molecule is CC(C)(C)c1ccc(C=CC(=O)N(Cc2ccc(Cl)cc2)C2CCS(=O)(=O)C2)cc1. The maximum atomic E-state index is 13.0. The van der Waals surface area contributed by atoms with Crippen LogP contribution >= 0.6 is 11.6 Å². The Kier molecular flexibility index (Phi) is 6.73. The number of halogens is 1. The molecule has 1 heterocycles. The van der Waals surface area contributed by atoms with E-state index in [0.29, 0.717) is 18.0 Å². The van der Waals surface area contributed by atoms with Gasteiger partial charge in [-0.3, -0.25) is 4.79 Å². The number of carbonyl (C=O) groups excluding carboxylic acids is 1. The molecule has 6 heteroatoms. The highest BCUT2D eigenvalue weighted by molar-refractivity contribution is 7.91. The van der Waals surface area contributed by atoms with E-state index < -0.39 is 9.84 Å². The number of benzene rings is 2. The molecule has 2 aromatic carbocycles. The van der Waals surface area contributed by atoms with Crippen LogP contribution in [0.4, 0.5) is 0 Å². The molecule has 2 aromatic rings. The zero-order valence-corrected chi connectivity index (χ0v) is 19.2. The third-order valence-corrected chi connectivity index (χ3v) is 7.40. The fourth-order valence-electron chi connectivity index (χ4n) is 3.55. The topological polar surface area (TPSA) is 54.5 Å². The Bertz CT molecular complexity index is 1020. The lowest BCUT2D eigenvalue weighted by Crippen LogP contribution is -2.39. The molecule has 160 valence electrons. The van der Waals surface area contributed by atoms with Gasteiger partial charge < -0.3 is 4.90 Å². The van der Waals surface area contributed by atoms with Crippen molar-refractivity contribution in [2.24, 2.45) is 0 Å². The molecule has 1 amide bonds. The summed E-state index contributed by atoms with van der Waals surface area (Å²) in [5, 5.41) is 0.624. The molecule has 0 aromatic heterocycles. The fourth-order valence-corrected chi connectivity index (χ4v) is 5.41. The normalized spacial score (nSPS) is 18.6. The molecular weight excluding hydrogens is 418 g/mol. The van der Waals surface area contributed by atoms with Gasteiger partial charge in [0, 0.05) is 23.7 Å². The maximum Gasteiger partial charge on any atom is 0.247 e. The first-order chi connectivity index (χ1) is 14.0. The Morgan fingerprint density at radius 3 is 2.27 bits per heavy atom. The molecule has 0 N–H and O–H groups in total. The van der Waals surface area contributed by atoms with Crippen LogP contribution in [0.1, 0.15) is 43.9 Å². The molecule has 0 spiro atoms. The smallest absolute Gasteiger partial charge is 0.247 e. The molecule has 1 saturated heterocycles. The number of nitrogens with zero attached hydrogens (tertiary/aromatic N) is 1. The van der Waals surface area contributed by atoms with Crippen LogP contribution in [0.3, 0.4) is 0 Å². The Balaban J connectivity index is 1.79. The molecule has 0 aliphatic carbocycles. The first kappa shape index (κ1) is 22.6. The van der Waals surface area contributed by atoms with Crippen molar-refractivity contribution in [3.05, 3.63) is 76.3 Å². The van der Waals surface area contributed by atoms with Crippen molar-refractivity contribution in [1.82, 2.24) is 4.90 Å². The van der Waals surface area contributed by atoms with E-state index in [1.54, 1.807) is 23.1 Å². The minimum Gasteiger partial charge on any atom is -0.331 e. The predicted molar refractivity (Wildman–Crippen MR) is 123 cm³/mol. The number of hydrogen-bond donors (Lipinski definition) is 0. The zero-order chi connectivity index (χ0) is 21.9. The highest BCUT2D eigenvalue weighted by atomic mass is 35.5. The molecule has 1 fully saturated rings. The first-order valence-corrected chi connectivity index (χ1v) is 12.3. The van der Waals surface area contributed by atoms with Gasteiger partial charge in [-0.05, 0) is 46.7 Å². The summed E-state index contributed by atoms with van der Waals surface area (Å²) in [5.41, 5.74) is 3.15. The van der Waals surface area contributed by atoms with Gasteiger partial charge in [-0.1, -0.05) is 68.8 Å².